The van der Waals surface area contributed by atoms with Crippen LogP contribution >= 0.6 is 11.6 Å². The summed E-state index contributed by atoms with van der Waals surface area (Å²) in [6, 6.07) is 5.84. The standard InChI is InChI=1S/C14H11ClF3NO/c1-19-7-8-4-12(17)14(13(18)5-8)20-9-2-3-10(15)11(16)6-9/h2-6,19H,7H2,1H3. The van der Waals surface area contributed by atoms with Gasteiger partial charge in [-0.25, -0.2) is 13.2 Å². The first kappa shape index (κ1) is 14.7. The Balaban J connectivity index is 2.31. The minimum Gasteiger partial charge on any atom is -0.451 e. The highest BCUT2D eigenvalue weighted by atomic mass is 35.5. The SMILES string of the molecule is CNCc1cc(F)c(Oc2ccc(Cl)c(F)c2)c(F)c1. The molecule has 0 fully saturated rings. The molecule has 6 heteroatoms. The van der Waals surface area contributed by atoms with Gasteiger partial charge in [0.25, 0.3) is 0 Å². The predicted molar refractivity (Wildman–Crippen MR) is 70.6 cm³/mol. The van der Waals surface area contributed by atoms with Crippen LogP contribution in [0, 0.1) is 17.5 Å². The maximum atomic E-state index is 13.8. The molecule has 20 heavy (non-hydrogen) atoms. The molecular weight excluding hydrogens is 291 g/mol. The zero-order valence-electron chi connectivity index (χ0n) is 10.5. The molecule has 2 rings (SSSR count). The average molecular weight is 302 g/mol. The highest BCUT2D eigenvalue weighted by molar-refractivity contribution is 6.30. The van der Waals surface area contributed by atoms with Crippen molar-refractivity contribution in [3.8, 4) is 11.5 Å². The van der Waals surface area contributed by atoms with E-state index in [2.05, 4.69) is 5.32 Å². The monoisotopic (exact) mass is 301 g/mol. The molecule has 0 amide bonds. The van der Waals surface area contributed by atoms with E-state index in [1.165, 1.54) is 12.1 Å². The van der Waals surface area contributed by atoms with Crippen molar-refractivity contribution in [2.24, 2.45) is 0 Å². The van der Waals surface area contributed by atoms with E-state index in [4.69, 9.17) is 16.3 Å². The number of hydrogen-bond donors (Lipinski definition) is 1. The molecule has 2 aromatic carbocycles. The molecule has 0 bridgehead atoms. The second kappa shape index (κ2) is 6.15. The van der Waals surface area contributed by atoms with Gasteiger partial charge in [-0.2, -0.15) is 0 Å². The van der Waals surface area contributed by atoms with Gasteiger partial charge in [-0.3, -0.25) is 0 Å². The van der Waals surface area contributed by atoms with Crippen LogP contribution in [0.5, 0.6) is 11.5 Å². The maximum absolute atomic E-state index is 13.8. The Hall–Kier alpha value is -1.72. The van der Waals surface area contributed by atoms with Crippen molar-refractivity contribution in [3.63, 3.8) is 0 Å². The van der Waals surface area contributed by atoms with Crippen molar-refractivity contribution in [3.05, 3.63) is 58.4 Å². The lowest BCUT2D eigenvalue weighted by molar-refractivity contribution is 0.404. The summed E-state index contributed by atoms with van der Waals surface area (Å²) in [5.74, 6) is -3.05. The third kappa shape index (κ3) is 3.23. The van der Waals surface area contributed by atoms with Gasteiger partial charge in [0.05, 0.1) is 5.02 Å². The molecule has 1 N–H and O–H groups in total. The summed E-state index contributed by atoms with van der Waals surface area (Å²) in [4.78, 5) is 0. The molecule has 106 valence electrons. The summed E-state index contributed by atoms with van der Waals surface area (Å²) in [6.07, 6.45) is 0. The van der Waals surface area contributed by atoms with Crippen molar-refractivity contribution in [2.45, 2.75) is 6.54 Å². The van der Waals surface area contributed by atoms with Crippen molar-refractivity contribution in [1.82, 2.24) is 5.32 Å². The Labute approximate surface area is 119 Å². The van der Waals surface area contributed by atoms with E-state index in [9.17, 15) is 13.2 Å². The van der Waals surface area contributed by atoms with Crippen LogP contribution in [-0.4, -0.2) is 7.05 Å². The van der Waals surface area contributed by atoms with Crippen LogP contribution < -0.4 is 10.1 Å². The number of nitrogens with one attached hydrogen (secondary N) is 1. The molecule has 0 saturated heterocycles. The van der Waals surface area contributed by atoms with Gasteiger partial charge in [0.1, 0.15) is 11.6 Å². The lowest BCUT2D eigenvalue weighted by Crippen LogP contribution is -2.06. The topological polar surface area (TPSA) is 21.3 Å². The lowest BCUT2D eigenvalue weighted by Gasteiger charge is -2.10. The highest BCUT2D eigenvalue weighted by Gasteiger charge is 2.14. The Kier molecular flexibility index (Phi) is 4.52. The summed E-state index contributed by atoms with van der Waals surface area (Å²) in [5.41, 5.74) is 0.442. The Morgan fingerprint density at radius 1 is 1.05 bits per heavy atom. The fourth-order valence-electron chi connectivity index (χ4n) is 1.67. The molecule has 0 saturated carbocycles. The van der Waals surface area contributed by atoms with Crippen LogP contribution in [-0.2, 0) is 6.54 Å². The van der Waals surface area contributed by atoms with Gasteiger partial charge in [-0.15, -0.1) is 0 Å². The summed E-state index contributed by atoms with van der Waals surface area (Å²) < 4.78 is 45.9. The van der Waals surface area contributed by atoms with Crippen LogP contribution in [0.25, 0.3) is 0 Å². The zero-order valence-corrected chi connectivity index (χ0v) is 11.3. The minimum absolute atomic E-state index is 0.0360. The first-order valence-corrected chi connectivity index (χ1v) is 6.14. The third-order valence-electron chi connectivity index (χ3n) is 2.55. The Morgan fingerprint density at radius 2 is 1.70 bits per heavy atom. The molecular formula is C14H11ClF3NO. The van der Waals surface area contributed by atoms with E-state index in [0.29, 0.717) is 12.1 Å². The Morgan fingerprint density at radius 3 is 2.25 bits per heavy atom. The number of benzene rings is 2. The molecule has 0 aromatic heterocycles. The highest BCUT2D eigenvalue weighted by Crippen LogP contribution is 2.30. The van der Waals surface area contributed by atoms with E-state index < -0.39 is 23.2 Å². The van der Waals surface area contributed by atoms with Crippen molar-refractivity contribution in [2.75, 3.05) is 7.05 Å². The molecule has 0 atom stereocenters. The Bertz CT molecular complexity index is 611. The minimum atomic E-state index is -0.856. The molecule has 0 aliphatic heterocycles. The first-order chi connectivity index (χ1) is 9.51. The maximum Gasteiger partial charge on any atom is 0.198 e. The second-order valence-electron chi connectivity index (χ2n) is 4.10. The van der Waals surface area contributed by atoms with Crippen LogP contribution in [0.1, 0.15) is 5.56 Å². The van der Waals surface area contributed by atoms with Gasteiger partial charge < -0.3 is 10.1 Å². The molecule has 0 heterocycles. The van der Waals surface area contributed by atoms with Gasteiger partial charge in [-0.05, 0) is 36.9 Å². The van der Waals surface area contributed by atoms with Crippen molar-refractivity contribution < 1.29 is 17.9 Å². The molecule has 0 spiro atoms. The van der Waals surface area contributed by atoms with E-state index in [1.807, 2.05) is 0 Å². The van der Waals surface area contributed by atoms with Gasteiger partial charge in [0.15, 0.2) is 17.4 Å². The van der Waals surface area contributed by atoms with Crippen LogP contribution in [0.2, 0.25) is 5.02 Å². The molecule has 2 aromatic rings. The second-order valence-corrected chi connectivity index (χ2v) is 4.50. The fourth-order valence-corrected chi connectivity index (χ4v) is 1.79. The van der Waals surface area contributed by atoms with Crippen LogP contribution in [0.15, 0.2) is 30.3 Å². The molecule has 0 unspecified atom stereocenters. The van der Waals surface area contributed by atoms with Gasteiger partial charge >= 0.3 is 0 Å². The lowest BCUT2D eigenvalue weighted by atomic mass is 10.2. The van der Waals surface area contributed by atoms with E-state index in [1.54, 1.807) is 7.05 Å². The molecule has 0 radical (unpaired) electrons. The van der Waals surface area contributed by atoms with E-state index >= 15 is 0 Å². The largest absolute Gasteiger partial charge is 0.451 e. The van der Waals surface area contributed by atoms with Gasteiger partial charge in [-0.1, -0.05) is 11.6 Å². The van der Waals surface area contributed by atoms with E-state index in [0.717, 1.165) is 18.2 Å². The predicted octanol–water partition coefficient (Wildman–Crippen LogP) is 4.27. The average Bonchev–Trinajstić information content (AvgIpc) is 2.38. The van der Waals surface area contributed by atoms with Gasteiger partial charge in [0, 0.05) is 12.6 Å². The quantitative estimate of drug-likeness (QED) is 0.910. The van der Waals surface area contributed by atoms with Crippen molar-refractivity contribution >= 4 is 11.6 Å². The molecule has 0 aliphatic rings. The third-order valence-corrected chi connectivity index (χ3v) is 2.86. The summed E-state index contributed by atoms with van der Waals surface area (Å²) >= 11 is 5.52. The normalized spacial score (nSPS) is 10.7. The van der Waals surface area contributed by atoms with Crippen LogP contribution in [0.4, 0.5) is 13.2 Å². The number of hydrogen-bond acceptors (Lipinski definition) is 2. The smallest absolute Gasteiger partial charge is 0.198 e. The number of ether oxygens (including phenoxy) is 1. The van der Waals surface area contributed by atoms with Gasteiger partial charge in [0.2, 0.25) is 0 Å². The summed E-state index contributed by atoms with van der Waals surface area (Å²) in [7, 11) is 1.66. The van der Waals surface area contributed by atoms with E-state index in [-0.39, 0.29) is 10.8 Å². The number of halogens is 4. The van der Waals surface area contributed by atoms with Crippen molar-refractivity contribution in [1.29, 1.82) is 0 Å². The molecule has 0 aliphatic carbocycles. The van der Waals surface area contributed by atoms with Crippen LogP contribution in [0.3, 0.4) is 0 Å². The summed E-state index contributed by atoms with van der Waals surface area (Å²) in [5, 5.41) is 2.69. The number of rotatable bonds is 4. The zero-order chi connectivity index (χ0) is 14.7. The molecule has 2 nitrogen and oxygen atoms in total. The summed E-state index contributed by atoms with van der Waals surface area (Å²) in [6.45, 7) is 0.323. The first-order valence-electron chi connectivity index (χ1n) is 5.76. The fraction of sp³-hybridized carbons (Fsp3) is 0.143.